The summed E-state index contributed by atoms with van der Waals surface area (Å²) in [4.78, 5) is 27.5. The Morgan fingerprint density at radius 1 is 1.32 bits per heavy atom. The minimum atomic E-state index is -0.384. The number of carbonyl (C=O) groups excluding carboxylic acids is 2. The lowest BCUT2D eigenvalue weighted by Crippen LogP contribution is -2.57. The van der Waals surface area contributed by atoms with Crippen molar-refractivity contribution in [2.75, 3.05) is 18.0 Å². The number of hydrogen-bond donors (Lipinski definition) is 0. The van der Waals surface area contributed by atoms with Crippen LogP contribution in [0.4, 0.5) is 5.69 Å². The van der Waals surface area contributed by atoms with Crippen molar-refractivity contribution < 1.29 is 9.59 Å². The number of benzene rings is 1. The van der Waals surface area contributed by atoms with E-state index in [1.807, 2.05) is 31.2 Å². The highest BCUT2D eigenvalue weighted by atomic mass is 79.9. The molecule has 0 saturated carbocycles. The molecule has 1 aromatic carbocycles. The fraction of sp³-hybridized carbons (Fsp3) is 0.429. The number of hydrogen-bond acceptors (Lipinski definition) is 2. The fourth-order valence-corrected chi connectivity index (χ4v) is 2.56. The maximum Gasteiger partial charge on any atom is 0.249 e. The zero-order valence-corrected chi connectivity index (χ0v) is 12.7. The summed E-state index contributed by atoms with van der Waals surface area (Å²) in [6.45, 7) is 4.76. The molecule has 19 heavy (non-hydrogen) atoms. The third-order valence-corrected chi connectivity index (χ3v) is 3.95. The molecule has 1 saturated heterocycles. The van der Waals surface area contributed by atoms with Crippen molar-refractivity contribution in [1.29, 1.82) is 0 Å². The van der Waals surface area contributed by atoms with Gasteiger partial charge in [-0.15, -0.1) is 0 Å². The molecule has 0 radical (unpaired) electrons. The van der Waals surface area contributed by atoms with Crippen LogP contribution in [0.15, 0.2) is 28.7 Å². The van der Waals surface area contributed by atoms with Crippen LogP contribution in [0.1, 0.15) is 20.3 Å². The molecule has 0 spiro atoms. The lowest BCUT2D eigenvalue weighted by Gasteiger charge is -2.39. The van der Waals surface area contributed by atoms with Crippen molar-refractivity contribution in [1.82, 2.24) is 4.90 Å². The number of halogens is 1. The van der Waals surface area contributed by atoms with Gasteiger partial charge < -0.3 is 9.80 Å². The van der Waals surface area contributed by atoms with Gasteiger partial charge in [-0.25, -0.2) is 0 Å². The molecular formula is C14H17BrN2O2. The first-order valence-corrected chi connectivity index (χ1v) is 7.20. The van der Waals surface area contributed by atoms with Gasteiger partial charge in [-0.05, 0) is 31.2 Å². The molecule has 0 N–H and O–H groups in total. The van der Waals surface area contributed by atoms with Crippen LogP contribution in [0.5, 0.6) is 0 Å². The predicted molar refractivity (Wildman–Crippen MR) is 78.0 cm³/mol. The van der Waals surface area contributed by atoms with Gasteiger partial charge in [-0.3, -0.25) is 9.59 Å². The smallest absolute Gasteiger partial charge is 0.249 e. The van der Waals surface area contributed by atoms with Crippen LogP contribution in [0, 0.1) is 0 Å². The third-order valence-electron chi connectivity index (χ3n) is 3.42. The molecule has 4 nitrogen and oxygen atoms in total. The highest BCUT2D eigenvalue weighted by Crippen LogP contribution is 2.22. The second kappa shape index (κ2) is 5.74. The maximum atomic E-state index is 12.4. The van der Waals surface area contributed by atoms with Crippen molar-refractivity contribution >= 4 is 33.4 Å². The van der Waals surface area contributed by atoms with Gasteiger partial charge in [0, 0.05) is 29.7 Å². The van der Waals surface area contributed by atoms with Crippen LogP contribution in [0.2, 0.25) is 0 Å². The number of nitrogens with zero attached hydrogens (tertiary/aromatic N) is 2. The van der Waals surface area contributed by atoms with Gasteiger partial charge >= 0.3 is 0 Å². The summed E-state index contributed by atoms with van der Waals surface area (Å²) in [6, 6.07) is 7.26. The minimum Gasteiger partial charge on any atom is -0.329 e. The molecule has 0 bridgehead atoms. The first-order valence-electron chi connectivity index (χ1n) is 6.41. The summed E-state index contributed by atoms with van der Waals surface area (Å²) in [5, 5.41) is 0. The average Bonchev–Trinajstić information content (AvgIpc) is 2.42. The number of piperazine rings is 1. The Hall–Kier alpha value is -1.36. The summed E-state index contributed by atoms with van der Waals surface area (Å²) in [7, 11) is 0. The second-order valence-corrected chi connectivity index (χ2v) is 5.50. The maximum absolute atomic E-state index is 12.4. The van der Waals surface area contributed by atoms with E-state index >= 15 is 0 Å². The first-order chi connectivity index (χ1) is 9.04. The number of carbonyl (C=O) groups is 2. The summed E-state index contributed by atoms with van der Waals surface area (Å²) < 4.78 is 0.983. The zero-order chi connectivity index (χ0) is 14.0. The van der Waals surface area contributed by atoms with Gasteiger partial charge in [0.1, 0.15) is 6.04 Å². The molecule has 1 aromatic rings. The number of rotatable bonds is 2. The molecule has 1 atom stereocenters. The molecule has 1 heterocycles. The molecular weight excluding hydrogens is 308 g/mol. The van der Waals surface area contributed by atoms with E-state index in [0.717, 1.165) is 10.2 Å². The van der Waals surface area contributed by atoms with E-state index in [1.165, 1.54) is 0 Å². The van der Waals surface area contributed by atoms with Gasteiger partial charge in [-0.1, -0.05) is 22.9 Å². The lowest BCUT2D eigenvalue weighted by molar-refractivity contribution is -0.140. The normalized spacial score (nSPS) is 19.7. The van der Waals surface area contributed by atoms with E-state index in [9.17, 15) is 9.59 Å². The topological polar surface area (TPSA) is 40.6 Å². The third kappa shape index (κ3) is 2.81. The first kappa shape index (κ1) is 14.1. The summed E-state index contributed by atoms with van der Waals surface area (Å²) in [5.41, 5.74) is 0.878. The van der Waals surface area contributed by atoms with Crippen LogP contribution >= 0.6 is 15.9 Å². The van der Waals surface area contributed by atoms with Crippen molar-refractivity contribution in [2.45, 2.75) is 26.3 Å². The molecule has 0 aromatic heterocycles. The standard InChI is InChI=1S/C14H17BrN2O2/c1-3-13(18)16-8-9-17(14(19)10(16)2)12-6-4-11(15)5-7-12/h4-7,10H,3,8-9H2,1-2H3. The Labute approximate surface area is 121 Å². The number of amides is 2. The van der Waals surface area contributed by atoms with E-state index in [2.05, 4.69) is 15.9 Å². The van der Waals surface area contributed by atoms with E-state index in [4.69, 9.17) is 0 Å². The van der Waals surface area contributed by atoms with Gasteiger partial charge in [0.25, 0.3) is 0 Å². The SMILES string of the molecule is CCC(=O)N1CCN(c2ccc(Br)cc2)C(=O)C1C. The Balaban J connectivity index is 2.17. The number of anilines is 1. The van der Waals surface area contributed by atoms with Crippen LogP contribution in [0.3, 0.4) is 0 Å². The predicted octanol–water partition coefficient (Wildman–Crippen LogP) is 2.42. The Kier molecular flexibility index (Phi) is 4.24. The van der Waals surface area contributed by atoms with Crippen molar-refractivity contribution in [2.24, 2.45) is 0 Å². The Bertz CT molecular complexity index is 487. The molecule has 1 aliphatic heterocycles. The van der Waals surface area contributed by atoms with E-state index < -0.39 is 0 Å². The van der Waals surface area contributed by atoms with Crippen LogP contribution in [-0.4, -0.2) is 35.8 Å². The molecule has 1 fully saturated rings. The minimum absolute atomic E-state index is 0.0182. The quantitative estimate of drug-likeness (QED) is 0.838. The summed E-state index contributed by atoms with van der Waals surface area (Å²) in [6.07, 6.45) is 0.440. The Morgan fingerprint density at radius 2 is 1.95 bits per heavy atom. The lowest BCUT2D eigenvalue weighted by atomic mass is 10.1. The van der Waals surface area contributed by atoms with E-state index in [1.54, 1.807) is 16.7 Å². The van der Waals surface area contributed by atoms with Crippen molar-refractivity contribution in [3.63, 3.8) is 0 Å². The van der Waals surface area contributed by atoms with Gasteiger partial charge in [-0.2, -0.15) is 0 Å². The van der Waals surface area contributed by atoms with E-state index in [0.29, 0.717) is 19.5 Å². The van der Waals surface area contributed by atoms with Crippen LogP contribution in [0.25, 0.3) is 0 Å². The highest BCUT2D eigenvalue weighted by molar-refractivity contribution is 9.10. The summed E-state index contributed by atoms with van der Waals surface area (Å²) >= 11 is 3.38. The van der Waals surface area contributed by atoms with Crippen LogP contribution < -0.4 is 4.90 Å². The molecule has 1 unspecified atom stereocenters. The van der Waals surface area contributed by atoms with Crippen molar-refractivity contribution in [3.05, 3.63) is 28.7 Å². The monoisotopic (exact) mass is 324 g/mol. The Morgan fingerprint density at radius 3 is 2.53 bits per heavy atom. The second-order valence-electron chi connectivity index (χ2n) is 4.58. The molecule has 2 rings (SSSR count). The fourth-order valence-electron chi connectivity index (χ4n) is 2.29. The van der Waals surface area contributed by atoms with Crippen molar-refractivity contribution in [3.8, 4) is 0 Å². The molecule has 102 valence electrons. The average molecular weight is 325 g/mol. The molecule has 0 aliphatic carbocycles. The largest absolute Gasteiger partial charge is 0.329 e. The van der Waals surface area contributed by atoms with Gasteiger partial charge in [0.05, 0.1) is 0 Å². The molecule has 5 heteroatoms. The van der Waals surface area contributed by atoms with E-state index in [-0.39, 0.29) is 17.9 Å². The molecule has 1 aliphatic rings. The van der Waals surface area contributed by atoms with Gasteiger partial charge in [0.2, 0.25) is 11.8 Å². The zero-order valence-electron chi connectivity index (χ0n) is 11.1. The van der Waals surface area contributed by atoms with Crippen LogP contribution in [-0.2, 0) is 9.59 Å². The molecule has 2 amide bonds. The summed E-state index contributed by atoms with van der Waals surface area (Å²) in [5.74, 6) is 0.0201. The highest BCUT2D eigenvalue weighted by Gasteiger charge is 2.34. The van der Waals surface area contributed by atoms with Gasteiger partial charge in [0.15, 0.2) is 0 Å².